The van der Waals surface area contributed by atoms with Crippen LogP contribution in [-0.4, -0.2) is 25.5 Å². The highest BCUT2D eigenvalue weighted by Crippen LogP contribution is 2.24. The number of phenols is 1. The van der Waals surface area contributed by atoms with E-state index >= 15 is 0 Å². The lowest BCUT2D eigenvalue weighted by Gasteiger charge is -2.16. The lowest BCUT2D eigenvalue weighted by atomic mass is 10.0. The van der Waals surface area contributed by atoms with Gasteiger partial charge in [-0.1, -0.05) is 32.4 Å². The molecular formula is C27H32N2O5S. The minimum Gasteiger partial charge on any atom is -0.508 e. The third-order valence-corrected chi connectivity index (χ3v) is 7.37. The second-order valence-corrected chi connectivity index (χ2v) is 10.6. The van der Waals surface area contributed by atoms with E-state index in [1.807, 2.05) is 38.1 Å². The van der Waals surface area contributed by atoms with Gasteiger partial charge in [-0.25, -0.2) is 8.42 Å². The summed E-state index contributed by atoms with van der Waals surface area (Å²) in [7, 11) is -3.68. The number of amides is 1. The van der Waals surface area contributed by atoms with Gasteiger partial charge in [-0.3, -0.25) is 15.6 Å². The maximum Gasteiger partial charge on any atom is 0.241 e. The van der Waals surface area contributed by atoms with Crippen molar-refractivity contribution in [3.63, 3.8) is 0 Å². The van der Waals surface area contributed by atoms with Gasteiger partial charge >= 0.3 is 0 Å². The molecule has 0 aliphatic heterocycles. The summed E-state index contributed by atoms with van der Waals surface area (Å²) in [6.45, 7) is 5.97. The zero-order chi connectivity index (χ0) is 25.4. The molecule has 3 rings (SSSR count). The number of benzene rings is 3. The van der Waals surface area contributed by atoms with E-state index in [9.17, 15) is 18.3 Å². The summed E-state index contributed by atoms with van der Waals surface area (Å²) in [4.78, 5) is 12.8. The minimum atomic E-state index is -3.68. The smallest absolute Gasteiger partial charge is 0.241 e. The largest absolute Gasteiger partial charge is 0.508 e. The number of nitrogens with one attached hydrogen (secondary N) is 2. The number of aromatic hydroxyl groups is 1. The number of hydrazine groups is 1. The summed E-state index contributed by atoms with van der Waals surface area (Å²) < 4.78 is 31.3. The van der Waals surface area contributed by atoms with E-state index < -0.39 is 9.84 Å². The number of hydrogen-bond acceptors (Lipinski definition) is 6. The van der Waals surface area contributed by atoms with Gasteiger partial charge in [-0.15, -0.1) is 0 Å². The highest BCUT2D eigenvalue weighted by molar-refractivity contribution is 7.91. The Bertz CT molecular complexity index is 1210. The molecule has 3 aromatic carbocycles. The van der Waals surface area contributed by atoms with Crippen molar-refractivity contribution < 1.29 is 23.1 Å². The van der Waals surface area contributed by atoms with Gasteiger partial charge in [0.1, 0.15) is 11.5 Å². The zero-order valence-electron chi connectivity index (χ0n) is 20.2. The Kier molecular flexibility index (Phi) is 8.76. The predicted molar refractivity (Wildman–Crippen MR) is 136 cm³/mol. The SMILES string of the molecule is CCCC(C)Oc1ccc(NNC(=O)C(C)Cc2ccc(S(=O)(=O)c3ccc(O)cc3)cc2)cc1. The van der Waals surface area contributed by atoms with Crippen molar-refractivity contribution in [3.05, 3.63) is 78.4 Å². The second kappa shape index (κ2) is 11.8. The molecular weight excluding hydrogens is 464 g/mol. The highest BCUT2D eigenvalue weighted by atomic mass is 32.2. The van der Waals surface area contributed by atoms with E-state index in [2.05, 4.69) is 17.8 Å². The van der Waals surface area contributed by atoms with Gasteiger partial charge < -0.3 is 9.84 Å². The third-order valence-electron chi connectivity index (χ3n) is 5.59. The normalized spacial score (nSPS) is 13.0. The Morgan fingerprint density at radius 1 is 0.914 bits per heavy atom. The number of sulfone groups is 1. The van der Waals surface area contributed by atoms with Crippen LogP contribution in [0.5, 0.6) is 11.5 Å². The van der Waals surface area contributed by atoms with Crippen LogP contribution in [0.1, 0.15) is 39.2 Å². The molecule has 0 heterocycles. The topological polar surface area (TPSA) is 105 Å². The molecule has 35 heavy (non-hydrogen) atoms. The van der Waals surface area contributed by atoms with Crippen LogP contribution in [-0.2, 0) is 21.1 Å². The molecule has 1 amide bonds. The number of hydrogen-bond donors (Lipinski definition) is 3. The van der Waals surface area contributed by atoms with Crippen LogP contribution in [0.15, 0.2) is 82.6 Å². The first kappa shape index (κ1) is 26.1. The van der Waals surface area contributed by atoms with E-state index in [1.165, 1.54) is 36.4 Å². The van der Waals surface area contributed by atoms with Crippen LogP contribution in [0.2, 0.25) is 0 Å². The average molecular weight is 497 g/mol. The van der Waals surface area contributed by atoms with Crippen molar-refractivity contribution in [2.24, 2.45) is 5.92 Å². The van der Waals surface area contributed by atoms with Crippen LogP contribution < -0.4 is 15.6 Å². The standard InChI is InChI=1S/C27H32N2O5S/c1-4-5-20(3)34-24-12-8-22(9-13-24)28-29-27(31)19(2)18-21-6-14-25(15-7-21)35(32,33)26-16-10-23(30)11-17-26/h6-17,19-20,28,30H,4-5,18H2,1-3H3,(H,29,31). The monoisotopic (exact) mass is 496 g/mol. The van der Waals surface area contributed by atoms with Crippen molar-refractivity contribution in [3.8, 4) is 11.5 Å². The molecule has 0 aliphatic carbocycles. The second-order valence-electron chi connectivity index (χ2n) is 8.60. The Balaban J connectivity index is 1.52. The summed E-state index contributed by atoms with van der Waals surface area (Å²) >= 11 is 0. The van der Waals surface area contributed by atoms with Gasteiger partial charge in [0.2, 0.25) is 15.7 Å². The number of rotatable bonds is 11. The molecule has 0 saturated carbocycles. The van der Waals surface area contributed by atoms with Crippen molar-refractivity contribution in [1.82, 2.24) is 5.43 Å². The minimum absolute atomic E-state index is 0.00382. The molecule has 7 nitrogen and oxygen atoms in total. The number of anilines is 1. The number of ether oxygens (including phenoxy) is 1. The van der Waals surface area contributed by atoms with Crippen LogP contribution in [0.3, 0.4) is 0 Å². The van der Waals surface area contributed by atoms with E-state index in [-0.39, 0.29) is 33.5 Å². The van der Waals surface area contributed by atoms with Gasteiger partial charge in [0, 0.05) is 5.92 Å². The Labute approximate surface area is 207 Å². The highest BCUT2D eigenvalue weighted by Gasteiger charge is 2.18. The van der Waals surface area contributed by atoms with Crippen molar-refractivity contribution >= 4 is 21.4 Å². The molecule has 3 N–H and O–H groups in total. The molecule has 2 unspecified atom stereocenters. The molecule has 0 radical (unpaired) electrons. The predicted octanol–water partition coefficient (Wildman–Crippen LogP) is 5.11. The van der Waals surface area contributed by atoms with Gasteiger partial charge in [-0.2, -0.15) is 0 Å². The van der Waals surface area contributed by atoms with Crippen LogP contribution in [0.25, 0.3) is 0 Å². The molecule has 0 fully saturated rings. The first-order chi connectivity index (χ1) is 16.7. The number of phenolic OH excluding ortho intramolecular Hbond substituents is 1. The number of carbonyl (C=O) groups excluding carboxylic acids is 1. The van der Waals surface area contributed by atoms with Crippen LogP contribution in [0.4, 0.5) is 5.69 Å². The molecule has 0 aromatic heterocycles. The summed E-state index contributed by atoms with van der Waals surface area (Å²) in [5.41, 5.74) is 7.22. The van der Waals surface area contributed by atoms with E-state index in [0.29, 0.717) is 6.42 Å². The van der Waals surface area contributed by atoms with Crippen molar-refractivity contribution in [2.45, 2.75) is 55.9 Å². The van der Waals surface area contributed by atoms with Crippen molar-refractivity contribution in [1.29, 1.82) is 0 Å². The fourth-order valence-electron chi connectivity index (χ4n) is 3.58. The van der Waals surface area contributed by atoms with Gasteiger partial charge in [0.05, 0.1) is 21.6 Å². The van der Waals surface area contributed by atoms with Gasteiger partial charge in [-0.05, 0) is 86.0 Å². The molecule has 0 spiro atoms. The Morgan fingerprint density at radius 3 is 2.06 bits per heavy atom. The van der Waals surface area contributed by atoms with Crippen molar-refractivity contribution in [2.75, 3.05) is 5.43 Å². The Hall–Kier alpha value is -3.52. The van der Waals surface area contributed by atoms with E-state index in [0.717, 1.165) is 29.8 Å². The first-order valence-corrected chi connectivity index (χ1v) is 13.1. The maximum absolute atomic E-state index is 12.7. The average Bonchev–Trinajstić information content (AvgIpc) is 2.84. The van der Waals surface area contributed by atoms with Gasteiger partial charge in [0.25, 0.3) is 0 Å². The zero-order valence-corrected chi connectivity index (χ0v) is 21.0. The molecule has 3 aromatic rings. The van der Waals surface area contributed by atoms with Gasteiger partial charge in [0.15, 0.2) is 0 Å². The Morgan fingerprint density at radius 2 is 1.49 bits per heavy atom. The summed E-state index contributed by atoms with van der Waals surface area (Å²) in [5, 5.41) is 9.38. The van der Waals surface area contributed by atoms with E-state index in [4.69, 9.17) is 4.74 Å². The third kappa shape index (κ3) is 7.23. The fourth-order valence-corrected chi connectivity index (χ4v) is 4.84. The van der Waals surface area contributed by atoms with E-state index in [1.54, 1.807) is 12.1 Å². The summed E-state index contributed by atoms with van der Waals surface area (Å²) in [6, 6.07) is 19.3. The lowest BCUT2D eigenvalue weighted by Crippen LogP contribution is -2.34. The quantitative estimate of drug-likeness (QED) is 0.319. The number of carbonyl (C=O) groups is 1. The summed E-state index contributed by atoms with van der Waals surface area (Å²) in [6.07, 6.45) is 2.66. The lowest BCUT2D eigenvalue weighted by molar-refractivity contribution is -0.123. The van der Waals surface area contributed by atoms with Crippen LogP contribution in [0, 0.1) is 5.92 Å². The fraction of sp³-hybridized carbons (Fsp3) is 0.296. The molecule has 8 heteroatoms. The molecule has 2 atom stereocenters. The molecule has 186 valence electrons. The first-order valence-electron chi connectivity index (χ1n) is 11.6. The summed E-state index contributed by atoms with van der Waals surface area (Å²) in [5.74, 6) is 0.276. The molecule has 0 aliphatic rings. The molecule has 0 bridgehead atoms. The van der Waals surface area contributed by atoms with Crippen LogP contribution >= 0.6 is 0 Å². The molecule has 0 saturated heterocycles. The maximum atomic E-state index is 12.7.